The van der Waals surface area contributed by atoms with Gasteiger partial charge in [-0.25, -0.2) is 0 Å². The number of hydrogen-bond acceptors (Lipinski definition) is 5. The number of anilines is 1. The van der Waals surface area contributed by atoms with Crippen LogP contribution in [-0.2, 0) is 4.79 Å². The lowest BCUT2D eigenvalue weighted by molar-refractivity contribution is -0.385. The normalized spacial score (nSPS) is 16.2. The van der Waals surface area contributed by atoms with E-state index in [0.717, 1.165) is 0 Å². The van der Waals surface area contributed by atoms with Crippen LogP contribution in [0.15, 0.2) is 42.5 Å². The van der Waals surface area contributed by atoms with Gasteiger partial charge >= 0.3 is 0 Å². The van der Waals surface area contributed by atoms with Gasteiger partial charge in [0.25, 0.3) is 11.6 Å². The molecule has 0 bridgehead atoms. The summed E-state index contributed by atoms with van der Waals surface area (Å²) in [6, 6.07) is 9.89. The molecule has 0 saturated carbocycles. The third-order valence-electron chi connectivity index (χ3n) is 4.62. The van der Waals surface area contributed by atoms with Crippen LogP contribution in [0.2, 0.25) is 0 Å². The van der Waals surface area contributed by atoms with Crippen molar-refractivity contribution in [1.82, 2.24) is 4.90 Å². The van der Waals surface area contributed by atoms with Crippen molar-refractivity contribution >= 4 is 23.2 Å². The molecule has 8 nitrogen and oxygen atoms in total. The van der Waals surface area contributed by atoms with Crippen molar-refractivity contribution in [3.8, 4) is 5.75 Å². The smallest absolute Gasteiger partial charge is 0.272 e. The van der Waals surface area contributed by atoms with Gasteiger partial charge < -0.3 is 15.3 Å². The van der Waals surface area contributed by atoms with Crippen molar-refractivity contribution in [2.45, 2.75) is 25.8 Å². The zero-order valence-corrected chi connectivity index (χ0v) is 14.7. The van der Waals surface area contributed by atoms with E-state index in [2.05, 4.69) is 5.32 Å². The summed E-state index contributed by atoms with van der Waals surface area (Å²) in [5.41, 5.74) is 0.926. The quantitative estimate of drug-likeness (QED) is 0.489. The Morgan fingerprint density at radius 1 is 1.26 bits per heavy atom. The van der Waals surface area contributed by atoms with Gasteiger partial charge in [-0.3, -0.25) is 19.7 Å². The fourth-order valence-electron chi connectivity index (χ4n) is 3.24. The van der Waals surface area contributed by atoms with Crippen LogP contribution in [-0.4, -0.2) is 39.3 Å². The Balaban J connectivity index is 1.78. The van der Waals surface area contributed by atoms with Crippen LogP contribution in [0.3, 0.4) is 0 Å². The second kappa shape index (κ2) is 7.45. The van der Waals surface area contributed by atoms with E-state index in [1.807, 2.05) is 0 Å². The molecule has 0 aliphatic carbocycles. The highest BCUT2D eigenvalue weighted by Crippen LogP contribution is 2.26. The lowest BCUT2D eigenvalue weighted by atomic mass is 10.1. The molecule has 2 N–H and O–H groups in total. The Kier molecular flexibility index (Phi) is 5.07. The van der Waals surface area contributed by atoms with Crippen molar-refractivity contribution in [3.63, 3.8) is 0 Å². The molecule has 140 valence electrons. The van der Waals surface area contributed by atoms with Gasteiger partial charge in [0.1, 0.15) is 11.8 Å². The van der Waals surface area contributed by atoms with E-state index in [1.165, 1.54) is 29.2 Å². The second-order valence-corrected chi connectivity index (χ2v) is 6.42. The standard InChI is InChI=1S/C19H19N3O5/c1-12-11-13(8-9-15(12)22(26)27)19(25)21-10-4-6-16(21)18(24)20-14-5-2-3-7-17(14)23/h2-3,5,7-9,11,16,23H,4,6,10H2,1H3,(H,20,24). The Hall–Kier alpha value is -3.42. The Bertz CT molecular complexity index is 912. The number of para-hydroxylation sites is 2. The summed E-state index contributed by atoms with van der Waals surface area (Å²) in [6.45, 7) is 2.00. The molecule has 1 aliphatic rings. The Morgan fingerprint density at radius 3 is 2.67 bits per heavy atom. The third-order valence-corrected chi connectivity index (χ3v) is 4.62. The molecule has 8 heteroatoms. The van der Waals surface area contributed by atoms with Crippen molar-refractivity contribution in [2.75, 3.05) is 11.9 Å². The van der Waals surface area contributed by atoms with Crippen LogP contribution < -0.4 is 5.32 Å². The molecule has 27 heavy (non-hydrogen) atoms. The molecular weight excluding hydrogens is 350 g/mol. The number of benzene rings is 2. The number of nitrogens with zero attached hydrogens (tertiary/aromatic N) is 2. The zero-order chi connectivity index (χ0) is 19.6. The average Bonchev–Trinajstić information content (AvgIpc) is 3.12. The lowest BCUT2D eigenvalue weighted by Crippen LogP contribution is -2.43. The first-order valence-corrected chi connectivity index (χ1v) is 8.53. The minimum Gasteiger partial charge on any atom is -0.506 e. The van der Waals surface area contributed by atoms with Crippen LogP contribution in [0, 0.1) is 17.0 Å². The maximum atomic E-state index is 12.8. The summed E-state index contributed by atoms with van der Waals surface area (Å²) in [5, 5.41) is 23.4. The first-order valence-electron chi connectivity index (χ1n) is 8.53. The minimum absolute atomic E-state index is 0.0484. The number of amides is 2. The molecule has 1 atom stereocenters. The molecule has 1 aliphatic heterocycles. The van der Waals surface area contributed by atoms with Gasteiger partial charge in [-0.1, -0.05) is 12.1 Å². The van der Waals surface area contributed by atoms with Gasteiger partial charge in [-0.05, 0) is 44.0 Å². The van der Waals surface area contributed by atoms with Crippen molar-refractivity contribution in [1.29, 1.82) is 0 Å². The van der Waals surface area contributed by atoms with Gasteiger partial charge in [0.15, 0.2) is 0 Å². The number of carbonyl (C=O) groups is 2. The first kappa shape index (κ1) is 18.4. The molecule has 0 spiro atoms. The second-order valence-electron chi connectivity index (χ2n) is 6.42. The van der Waals surface area contributed by atoms with E-state index in [0.29, 0.717) is 30.5 Å². The van der Waals surface area contributed by atoms with E-state index in [1.54, 1.807) is 25.1 Å². The topological polar surface area (TPSA) is 113 Å². The highest BCUT2D eigenvalue weighted by atomic mass is 16.6. The number of phenolic OH excluding ortho intramolecular Hbond substituents is 1. The molecular formula is C19H19N3O5. The zero-order valence-electron chi connectivity index (χ0n) is 14.7. The number of rotatable bonds is 4. The Morgan fingerprint density at radius 2 is 2.00 bits per heavy atom. The van der Waals surface area contributed by atoms with Crippen LogP contribution in [0.1, 0.15) is 28.8 Å². The average molecular weight is 369 g/mol. The van der Waals surface area contributed by atoms with Crippen LogP contribution >= 0.6 is 0 Å². The first-order chi connectivity index (χ1) is 12.9. The number of nitrogens with one attached hydrogen (secondary N) is 1. The summed E-state index contributed by atoms with van der Waals surface area (Å²) < 4.78 is 0. The molecule has 2 amide bonds. The fraction of sp³-hybridized carbons (Fsp3) is 0.263. The molecule has 2 aromatic rings. The van der Waals surface area contributed by atoms with Crippen LogP contribution in [0.5, 0.6) is 5.75 Å². The van der Waals surface area contributed by atoms with E-state index in [-0.39, 0.29) is 28.9 Å². The number of nitro benzene ring substituents is 1. The van der Waals surface area contributed by atoms with E-state index >= 15 is 0 Å². The molecule has 1 saturated heterocycles. The largest absolute Gasteiger partial charge is 0.506 e. The molecule has 0 aromatic heterocycles. The van der Waals surface area contributed by atoms with Crippen LogP contribution in [0.4, 0.5) is 11.4 Å². The fourth-order valence-corrected chi connectivity index (χ4v) is 3.24. The van der Waals surface area contributed by atoms with Gasteiger partial charge in [-0.15, -0.1) is 0 Å². The maximum Gasteiger partial charge on any atom is 0.272 e. The minimum atomic E-state index is -0.660. The molecule has 1 heterocycles. The number of carbonyl (C=O) groups excluding carboxylic acids is 2. The van der Waals surface area contributed by atoms with Crippen molar-refractivity contribution in [2.24, 2.45) is 0 Å². The number of aryl methyl sites for hydroxylation is 1. The predicted octanol–water partition coefficient (Wildman–Crippen LogP) is 2.85. The SMILES string of the molecule is Cc1cc(C(=O)N2CCCC2C(=O)Nc2ccccc2O)ccc1[N+](=O)[O-]. The lowest BCUT2D eigenvalue weighted by Gasteiger charge is -2.24. The molecule has 3 rings (SSSR count). The summed E-state index contributed by atoms with van der Waals surface area (Å²) in [6.07, 6.45) is 1.19. The predicted molar refractivity (Wildman–Crippen MR) is 98.6 cm³/mol. The monoisotopic (exact) mass is 369 g/mol. The number of likely N-dealkylation sites (tertiary alicyclic amines) is 1. The molecule has 1 fully saturated rings. The van der Waals surface area contributed by atoms with Gasteiger partial charge in [0.2, 0.25) is 5.91 Å². The maximum absolute atomic E-state index is 12.8. The number of phenols is 1. The number of nitro groups is 1. The summed E-state index contributed by atoms with van der Waals surface area (Å²) in [7, 11) is 0. The van der Waals surface area contributed by atoms with E-state index < -0.39 is 11.0 Å². The van der Waals surface area contributed by atoms with Crippen molar-refractivity contribution in [3.05, 3.63) is 63.7 Å². The number of hydrogen-bond donors (Lipinski definition) is 2. The van der Waals surface area contributed by atoms with Gasteiger partial charge in [0, 0.05) is 23.7 Å². The highest BCUT2D eigenvalue weighted by molar-refractivity contribution is 6.02. The van der Waals surface area contributed by atoms with Crippen LogP contribution in [0.25, 0.3) is 0 Å². The third kappa shape index (κ3) is 3.74. The highest BCUT2D eigenvalue weighted by Gasteiger charge is 2.35. The summed E-state index contributed by atoms with van der Waals surface area (Å²) in [5.74, 6) is -0.767. The van der Waals surface area contributed by atoms with Gasteiger partial charge in [-0.2, -0.15) is 0 Å². The number of aromatic hydroxyl groups is 1. The van der Waals surface area contributed by atoms with E-state index in [4.69, 9.17) is 0 Å². The summed E-state index contributed by atoms with van der Waals surface area (Å²) in [4.78, 5) is 37.4. The van der Waals surface area contributed by atoms with Crippen molar-refractivity contribution < 1.29 is 19.6 Å². The summed E-state index contributed by atoms with van der Waals surface area (Å²) >= 11 is 0. The Labute approximate surface area is 155 Å². The van der Waals surface area contributed by atoms with Gasteiger partial charge in [0.05, 0.1) is 10.6 Å². The van der Waals surface area contributed by atoms with E-state index in [9.17, 15) is 24.8 Å². The molecule has 1 unspecified atom stereocenters. The molecule has 0 radical (unpaired) electrons. The molecule has 2 aromatic carbocycles.